The van der Waals surface area contributed by atoms with E-state index >= 15 is 0 Å². The van der Waals surface area contributed by atoms with E-state index in [1.54, 1.807) is 0 Å². The molecule has 1 aliphatic heterocycles. The van der Waals surface area contributed by atoms with Crippen molar-refractivity contribution in [3.63, 3.8) is 0 Å². The van der Waals surface area contributed by atoms with Gasteiger partial charge in [-0.25, -0.2) is 0 Å². The van der Waals surface area contributed by atoms with Crippen LogP contribution in [0, 0.1) is 11.8 Å². The Hall–Kier alpha value is -0.180. The Kier molecular flexibility index (Phi) is 4.17. The van der Waals surface area contributed by atoms with Gasteiger partial charge in [0.1, 0.15) is 0 Å². The van der Waals surface area contributed by atoms with Gasteiger partial charge in [0.2, 0.25) is 0 Å². The number of rotatable bonds is 2. The van der Waals surface area contributed by atoms with E-state index in [9.17, 15) is 0 Å². The van der Waals surface area contributed by atoms with Crippen LogP contribution in [0.15, 0.2) is 4.99 Å². The summed E-state index contributed by atoms with van der Waals surface area (Å²) >= 11 is 1.91. The van der Waals surface area contributed by atoms with Crippen molar-refractivity contribution in [1.82, 2.24) is 5.32 Å². The average Bonchev–Trinajstić information content (AvgIpc) is 2.70. The molecule has 0 aromatic rings. The zero-order valence-corrected chi connectivity index (χ0v) is 11.5. The molecule has 92 valence electrons. The van der Waals surface area contributed by atoms with Crippen LogP contribution in [0.5, 0.6) is 0 Å². The van der Waals surface area contributed by atoms with Gasteiger partial charge in [0.25, 0.3) is 0 Å². The summed E-state index contributed by atoms with van der Waals surface area (Å²) in [5.41, 5.74) is 0. The number of nitrogens with one attached hydrogen (secondary N) is 1. The van der Waals surface area contributed by atoms with Gasteiger partial charge in [-0.3, -0.25) is 4.99 Å². The normalized spacial score (nSPS) is 42.3. The first-order valence-corrected chi connectivity index (χ1v) is 7.64. The minimum atomic E-state index is 0.571. The fraction of sp³-hybridized carbons (Fsp3) is 0.923. The van der Waals surface area contributed by atoms with Gasteiger partial charge in [-0.05, 0) is 37.5 Å². The Morgan fingerprint density at radius 2 is 2.19 bits per heavy atom. The van der Waals surface area contributed by atoms with Crippen LogP contribution in [0.4, 0.5) is 0 Å². The topological polar surface area (TPSA) is 24.4 Å². The van der Waals surface area contributed by atoms with Crippen LogP contribution in [0.2, 0.25) is 0 Å². The summed E-state index contributed by atoms with van der Waals surface area (Å²) in [6.45, 7) is 6.98. The maximum absolute atomic E-state index is 4.92. The number of nitrogens with zero attached hydrogens (tertiary/aromatic N) is 1. The first-order chi connectivity index (χ1) is 7.69. The molecule has 1 saturated heterocycles. The quantitative estimate of drug-likeness (QED) is 0.801. The molecule has 0 bridgehead atoms. The molecule has 1 heterocycles. The van der Waals surface area contributed by atoms with E-state index in [1.807, 2.05) is 11.8 Å². The molecule has 2 rings (SSSR count). The van der Waals surface area contributed by atoms with Crippen LogP contribution in [0.25, 0.3) is 0 Å². The lowest BCUT2D eigenvalue weighted by Gasteiger charge is -2.30. The van der Waals surface area contributed by atoms with Gasteiger partial charge < -0.3 is 5.32 Å². The third-order valence-corrected chi connectivity index (χ3v) is 4.98. The Labute approximate surface area is 104 Å². The minimum absolute atomic E-state index is 0.571. The average molecular weight is 240 g/mol. The Balaban J connectivity index is 1.91. The number of hydrogen-bond acceptors (Lipinski definition) is 2. The second-order valence-corrected chi connectivity index (χ2v) is 6.47. The van der Waals surface area contributed by atoms with Crippen LogP contribution in [-0.2, 0) is 0 Å². The third kappa shape index (κ3) is 2.93. The first kappa shape index (κ1) is 12.3. The Morgan fingerprint density at radius 3 is 2.81 bits per heavy atom. The lowest BCUT2D eigenvalue weighted by Crippen LogP contribution is -2.30. The molecular weight excluding hydrogens is 216 g/mol. The van der Waals surface area contributed by atoms with Crippen molar-refractivity contribution in [2.75, 3.05) is 5.75 Å². The maximum Gasteiger partial charge on any atom is 0.157 e. The lowest BCUT2D eigenvalue weighted by molar-refractivity contribution is 0.264. The molecule has 2 aliphatic rings. The number of aliphatic imine (C=N–C) groups is 1. The molecule has 0 spiro atoms. The summed E-state index contributed by atoms with van der Waals surface area (Å²) in [7, 11) is 0. The fourth-order valence-electron chi connectivity index (χ4n) is 2.72. The zero-order chi connectivity index (χ0) is 11.5. The van der Waals surface area contributed by atoms with Crippen molar-refractivity contribution in [2.45, 2.75) is 58.5 Å². The number of thioether (sulfide) groups is 1. The summed E-state index contributed by atoms with van der Waals surface area (Å²) in [6.07, 6.45) is 5.20. The minimum Gasteiger partial charge on any atom is -0.361 e. The highest BCUT2D eigenvalue weighted by Crippen LogP contribution is 2.31. The van der Waals surface area contributed by atoms with Crippen molar-refractivity contribution in [3.05, 3.63) is 0 Å². The van der Waals surface area contributed by atoms with Gasteiger partial charge in [0.05, 0.1) is 6.04 Å². The molecule has 1 aliphatic carbocycles. The van der Waals surface area contributed by atoms with Crippen molar-refractivity contribution >= 4 is 16.9 Å². The van der Waals surface area contributed by atoms with Crippen molar-refractivity contribution in [2.24, 2.45) is 16.8 Å². The standard InChI is InChI=1S/C13H24N2S/c1-4-11-8-16-13(14-11)15-12-6-5-9(2)7-10(12)3/h9-12H,4-8H2,1-3H3,(H,14,15). The second-order valence-electron chi connectivity index (χ2n) is 5.46. The highest BCUT2D eigenvalue weighted by Gasteiger charge is 2.27. The molecular formula is C13H24N2S. The highest BCUT2D eigenvalue weighted by molar-refractivity contribution is 8.14. The van der Waals surface area contributed by atoms with Gasteiger partial charge in [0, 0.05) is 11.8 Å². The zero-order valence-electron chi connectivity index (χ0n) is 10.7. The Bertz CT molecular complexity index is 265. The van der Waals surface area contributed by atoms with Crippen molar-refractivity contribution < 1.29 is 0 Å². The van der Waals surface area contributed by atoms with E-state index in [1.165, 1.54) is 36.6 Å². The monoisotopic (exact) mass is 240 g/mol. The molecule has 2 fully saturated rings. The number of amidine groups is 1. The molecule has 4 unspecified atom stereocenters. The highest BCUT2D eigenvalue weighted by atomic mass is 32.2. The Morgan fingerprint density at radius 1 is 1.38 bits per heavy atom. The largest absolute Gasteiger partial charge is 0.361 e. The molecule has 0 aromatic carbocycles. The van der Waals surface area contributed by atoms with Gasteiger partial charge in [-0.15, -0.1) is 0 Å². The van der Waals surface area contributed by atoms with Crippen LogP contribution in [0.1, 0.15) is 46.5 Å². The van der Waals surface area contributed by atoms with Gasteiger partial charge >= 0.3 is 0 Å². The van der Waals surface area contributed by atoms with Crippen molar-refractivity contribution in [1.29, 1.82) is 0 Å². The van der Waals surface area contributed by atoms with E-state index in [0.717, 1.165) is 11.8 Å². The smallest absolute Gasteiger partial charge is 0.157 e. The molecule has 0 amide bonds. The molecule has 16 heavy (non-hydrogen) atoms. The van der Waals surface area contributed by atoms with Gasteiger partial charge in [0.15, 0.2) is 5.17 Å². The van der Waals surface area contributed by atoms with Crippen LogP contribution < -0.4 is 5.32 Å². The van der Waals surface area contributed by atoms with Crippen molar-refractivity contribution in [3.8, 4) is 0 Å². The van der Waals surface area contributed by atoms with E-state index in [-0.39, 0.29) is 0 Å². The van der Waals surface area contributed by atoms with Crippen LogP contribution >= 0.6 is 11.8 Å². The molecule has 3 heteroatoms. The van der Waals surface area contributed by atoms with E-state index < -0.39 is 0 Å². The van der Waals surface area contributed by atoms with E-state index in [2.05, 4.69) is 26.1 Å². The third-order valence-electron chi connectivity index (χ3n) is 3.91. The summed E-state index contributed by atoms with van der Waals surface area (Å²) < 4.78 is 0. The summed E-state index contributed by atoms with van der Waals surface area (Å²) in [5, 5.41) is 4.74. The van der Waals surface area contributed by atoms with Gasteiger partial charge in [-0.1, -0.05) is 32.5 Å². The predicted molar refractivity (Wildman–Crippen MR) is 73.1 cm³/mol. The van der Waals surface area contributed by atoms with E-state index in [4.69, 9.17) is 4.99 Å². The predicted octanol–water partition coefficient (Wildman–Crippen LogP) is 3.28. The first-order valence-electron chi connectivity index (χ1n) is 6.66. The van der Waals surface area contributed by atoms with E-state index in [0.29, 0.717) is 12.1 Å². The molecule has 1 N–H and O–H groups in total. The lowest BCUT2D eigenvalue weighted by atomic mass is 9.80. The molecule has 0 aromatic heterocycles. The summed E-state index contributed by atoms with van der Waals surface area (Å²) in [5.74, 6) is 2.87. The molecule has 0 radical (unpaired) electrons. The van der Waals surface area contributed by atoms with Gasteiger partial charge in [-0.2, -0.15) is 0 Å². The molecule has 2 nitrogen and oxygen atoms in total. The fourth-order valence-corrected chi connectivity index (χ4v) is 3.86. The second kappa shape index (κ2) is 5.44. The maximum atomic E-state index is 4.92. The number of hydrogen-bond donors (Lipinski definition) is 1. The van der Waals surface area contributed by atoms with Crippen LogP contribution in [-0.4, -0.2) is 23.0 Å². The summed E-state index contributed by atoms with van der Waals surface area (Å²) in [4.78, 5) is 4.92. The van der Waals surface area contributed by atoms with Crippen LogP contribution in [0.3, 0.4) is 0 Å². The molecule has 4 atom stereocenters. The summed E-state index contributed by atoms with van der Waals surface area (Å²) in [6, 6.07) is 1.23. The SMILES string of the molecule is CCC1CSC(=NC2CCC(C)CC2C)N1. The molecule has 1 saturated carbocycles.